The van der Waals surface area contributed by atoms with Crippen LogP contribution in [0.3, 0.4) is 0 Å². The summed E-state index contributed by atoms with van der Waals surface area (Å²) in [6, 6.07) is 3.91. The third kappa shape index (κ3) is 2.97. The van der Waals surface area contributed by atoms with Crippen LogP contribution < -0.4 is 4.74 Å². The minimum Gasteiger partial charge on any atom is -0.489 e. The highest BCUT2D eigenvalue weighted by atomic mass is 16.5. The van der Waals surface area contributed by atoms with Crippen molar-refractivity contribution < 1.29 is 9.84 Å². The Kier molecular flexibility index (Phi) is 3.67. The van der Waals surface area contributed by atoms with Gasteiger partial charge in [-0.3, -0.25) is 4.98 Å². The van der Waals surface area contributed by atoms with Gasteiger partial charge < -0.3 is 9.84 Å². The van der Waals surface area contributed by atoms with Gasteiger partial charge in [-0.15, -0.1) is 0 Å². The van der Waals surface area contributed by atoms with Crippen LogP contribution in [0.4, 0.5) is 0 Å². The molecule has 0 saturated heterocycles. The van der Waals surface area contributed by atoms with Crippen molar-refractivity contribution in [2.75, 3.05) is 6.61 Å². The summed E-state index contributed by atoms with van der Waals surface area (Å²) in [6.45, 7) is 4.44. The van der Waals surface area contributed by atoms with Crippen LogP contribution in [0.15, 0.2) is 12.1 Å². The SMILES string of the molecule is CCc1nc(C)ccc1OCC1(O)CCCC1. The van der Waals surface area contributed by atoms with E-state index in [1.165, 1.54) is 0 Å². The Hall–Kier alpha value is -1.09. The van der Waals surface area contributed by atoms with Gasteiger partial charge in [0.25, 0.3) is 0 Å². The molecule has 1 aromatic heterocycles. The molecule has 0 spiro atoms. The molecule has 0 aliphatic heterocycles. The molecular formula is C14H21NO2. The molecule has 0 radical (unpaired) electrons. The van der Waals surface area contributed by atoms with Gasteiger partial charge in [0.05, 0.1) is 11.3 Å². The lowest BCUT2D eigenvalue weighted by Crippen LogP contribution is -2.32. The number of hydrogen-bond acceptors (Lipinski definition) is 3. The fourth-order valence-electron chi connectivity index (χ4n) is 2.37. The van der Waals surface area contributed by atoms with Gasteiger partial charge in [-0.25, -0.2) is 0 Å². The van der Waals surface area contributed by atoms with Crippen molar-refractivity contribution in [3.8, 4) is 5.75 Å². The van der Waals surface area contributed by atoms with Gasteiger partial charge >= 0.3 is 0 Å². The number of aryl methyl sites for hydroxylation is 2. The first kappa shape index (κ1) is 12.4. The fraction of sp³-hybridized carbons (Fsp3) is 0.643. The van der Waals surface area contributed by atoms with Crippen LogP contribution in [0, 0.1) is 6.92 Å². The molecule has 1 aliphatic carbocycles. The summed E-state index contributed by atoms with van der Waals surface area (Å²) in [5, 5.41) is 10.2. The third-order valence-electron chi connectivity index (χ3n) is 3.44. The standard InChI is InChI=1S/C14H21NO2/c1-3-12-13(7-6-11(2)15-12)17-10-14(16)8-4-5-9-14/h6-7,16H,3-5,8-10H2,1-2H3. The summed E-state index contributed by atoms with van der Waals surface area (Å²) in [5.74, 6) is 0.818. The molecule has 1 heterocycles. The summed E-state index contributed by atoms with van der Waals surface area (Å²) < 4.78 is 5.76. The second-order valence-electron chi connectivity index (χ2n) is 4.97. The molecule has 1 saturated carbocycles. The number of pyridine rings is 1. The normalized spacial score (nSPS) is 18.3. The Morgan fingerprint density at radius 2 is 2.06 bits per heavy atom. The Labute approximate surface area is 103 Å². The van der Waals surface area contributed by atoms with Crippen LogP contribution in [0.25, 0.3) is 0 Å². The molecule has 2 rings (SSSR count). The van der Waals surface area contributed by atoms with E-state index in [1.54, 1.807) is 0 Å². The molecule has 1 aromatic rings. The lowest BCUT2D eigenvalue weighted by Gasteiger charge is -2.22. The smallest absolute Gasteiger partial charge is 0.140 e. The predicted molar refractivity (Wildman–Crippen MR) is 67.3 cm³/mol. The van der Waals surface area contributed by atoms with E-state index < -0.39 is 5.60 Å². The van der Waals surface area contributed by atoms with Gasteiger partial charge in [0.2, 0.25) is 0 Å². The quantitative estimate of drug-likeness (QED) is 0.872. The average Bonchev–Trinajstić information content (AvgIpc) is 2.75. The van der Waals surface area contributed by atoms with Crippen molar-refractivity contribution in [3.05, 3.63) is 23.5 Å². The van der Waals surface area contributed by atoms with E-state index in [9.17, 15) is 5.11 Å². The van der Waals surface area contributed by atoms with Crippen LogP contribution in [0.1, 0.15) is 44.0 Å². The van der Waals surface area contributed by atoms with Crippen molar-refractivity contribution in [3.63, 3.8) is 0 Å². The van der Waals surface area contributed by atoms with Crippen molar-refractivity contribution in [1.29, 1.82) is 0 Å². The topological polar surface area (TPSA) is 42.4 Å². The Balaban J connectivity index is 2.03. The van der Waals surface area contributed by atoms with E-state index in [-0.39, 0.29) is 0 Å². The van der Waals surface area contributed by atoms with E-state index in [4.69, 9.17) is 4.74 Å². The molecular weight excluding hydrogens is 214 g/mol. The van der Waals surface area contributed by atoms with Crippen molar-refractivity contribution >= 4 is 0 Å². The number of aliphatic hydroxyl groups is 1. The average molecular weight is 235 g/mol. The maximum atomic E-state index is 10.2. The Morgan fingerprint density at radius 1 is 1.35 bits per heavy atom. The first-order chi connectivity index (χ1) is 8.13. The molecule has 0 bridgehead atoms. The lowest BCUT2D eigenvalue weighted by molar-refractivity contribution is 0.00102. The highest BCUT2D eigenvalue weighted by molar-refractivity contribution is 5.29. The summed E-state index contributed by atoms with van der Waals surface area (Å²) >= 11 is 0. The molecule has 1 aliphatic rings. The maximum absolute atomic E-state index is 10.2. The van der Waals surface area contributed by atoms with Crippen molar-refractivity contribution in [2.45, 2.75) is 51.6 Å². The largest absolute Gasteiger partial charge is 0.489 e. The van der Waals surface area contributed by atoms with Gasteiger partial charge in [-0.05, 0) is 38.3 Å². The first-order valence-corrected chi connectivity index (χ1v) is 6.45. The van der Waals surface area contributed by atoms with Crippen LogP contribution in [-0.2, 0) is 6.42 Å². The van der Waals surface area contributed by atoms with E-state index in [0.29, 0.717) is 6.61 Å². The zero-order valence-electron chi connectivity index (χ0n) is 10.7. The lowest BCUT2D eigenvalue weighted by atomic mass is 10.0. The van der Waals surface area contributed by atoms with E-state index in [0.717, 1.165) is 49.2 Å². The molecule has 17 heavy (non-hydrogen) atoms. The van der Waals surface area contributed by atoms with Crippen LogP contribution in [-0.4, -0.2) is 22.3 Å². The second kappa shape index (κ2) is 5.05. The molecule has 1 fully saturated rings. The number of rotatable bonds is 4. The van der Waals surface area contributed by atoms with Crippen LogP contribution in [0.2, 0.25) is 0 Å². The monoisotopic (exact) mass is 235 g/mol. The second-order valence-corrected chi connectivity index (χ2v) is 4.97. The minimum atomic E-state index is -0.615. The Morgan fingerprint density at radius 3 is 2.71 bits per heavy atom. The third-order valence-corrected chi connectivity index (χ3v) is 3.44. The molecule has 3 nitrogen and oxygen atoms in total. The van der Waals surface area contributed by atoms with Gasteiger partial charge in [0, 0.05) is 5.69 Å². The summed E-state index contributed by atoms with van der Waals surface area (Å²) in [6.07, 6.45) is 4.77. The molecule has 0 unspecified atom stereocenters. The number of aromatic nitrogens is 1. The van der Waals surface area contributed by atoms with Crippen molar-refractivity contribution in [1.82, 2.24) is 4.98 Å². The molecule has 0 aromatic carbocycles. The van der Waals surface area contributed by atoms with Crippen LogP contribution >= 0.6 is 0 Å². The minimum absolute atomic E-state index is 0.394. The van der Waals surface area contributed by atoms with E-state index >= 15 is 0 Å². The first-order valence-electron chi connectivity index (χ1n) is 6.45. The molecule has 0 amide bonds. The van der Waals surface area contributed by atoms with Crippen LogP contribution in [0.5, 0.6) is 5.75 Å². The summed E-state index contributed by atoms with van der Waals surface area (Å²) in [4.78, 5) is 4.45. The molecule has 94 valence electrons. The van der Waals surface area contributed by atoms with Crippen molar-refractivity contribution in [2.24, 2.45) is 0 Å². The van der Waals surface area contributed by atoms with Gasteiger partial charge in [-0.2, -0.15) is 0 Å². The van der Waals surface area contributed by atoms with Gasteiger partial charge in [0.15, 0.2) is 0 Å². The molecule has 0 atom stereocenters. The fourth-order valence-corrected chi connectivity index (χ4v) is 2.37. The molecule has 1 N–H and O–H groups in total. The van der Waals surface area contributed by atoms with E-state index in [2.05, 4.69) is 11.9 Å². The van der Waals surface area contributed by atoms with Gasteiger partial charge in [-0.1, -0.05) is 19.8 Å². The summed E-state index contributed by atoms with van der Waals surface area (Å²) in [5.41, 5.74) is 1.37. The van der Waals surface area contributed by atoms with Gasteiger partial charge in [0.1, 0.15) is 12.4 Å². The highest BCUT2D eigenvalue weighted by Crippen LogP contribution is 2.30. The predicted octanol–water partition coefficient (Wildman–Crippen LogP) is 2.64. The maximum Gasteiger partial charge on any atom is 0.140 e. The Bertz CT molecular complexity index is 384. The zero-order valence-corrected chi connectivity index (χ0v) is 10.7. The number of nitrogens with zero attached hydrogens (tertiary/aromatic N) is 1. The summed E-state index contributed by atoms with van der Waals surface area (Å²) in [7, 11) is 0. The van der Waals surface area contributed by atoms with E-state index in [1.807, 2.05) is 19.1 Å². The zero-order chi connectivity index (χ0) is 12.3. The number of ether oxygens (including phenoxy) is 1. The molecule has 3 heteroatoms. The number of hydrogen-bond donors (Lipinski definition) is 1. The highest BCUT2D eigenvalue weighted by Gasteiger charge is 2.32.